The molecule has 274 valence electrons. The number of ketones is 1. The van der Waals surface area contributed by atoms with E-state index < -0.39 is 28.9 Å². The standard InChI is InChI=1S/C39H42F2N4O7/c1-49-35-22-30-32(23-36(35)51-19-5-16-42-27-6-2-3-18-50-24-29(46)20-27)43-17-13-33(30)52-34-12-11-28(21-31(34)41)45-38(48)39(14-4-15-39)37(47)44-26-9-7-25(40)8-10-26/h7-13,17,21-23,27,42H,2-6,14-16,18-20,24H2,1H3,(H,44,47)(H,45,48). The molecule has 1 aromatic heterocycles. The van der Waals surface area contributed by atoms with Crippen molar-refractivity contribution >= 4 is 39.9 Å². The van der Waals surface area contributed by atoms with Crippen molar-refractivity contribution in [2.45, 2.75) is 57.4 Å². The molecule has 2 heterocycles. The smallest absolute Gasteiger partial charge is 0.240 e. The SMILES string of the molecule is COc1cc2c(Oc3ccc(NC(=O)C4(C(=O)Nc5ccc(F)cc5)CCC4)cc3F)ccnc2cc1OCCCNC1CCCCOCC(=O)C1. The molecular formula is C39H42F2N4O7. The Morgan fingerprint density at radius 2 is 1.67 bits per heavy atom. The summed E-state index contributed by atoms with van der Waals surface area (Å²) in [5.74, 6) is -0.915. The van der Waals surface area contributed by atoms with E-state index in [1.165, 1.54) is 43.5 Å². The lowest BCUT2D eigenvalue weighted by molar-refractivity contribution is -0.142. The third-order valence-corrected chi connectivity index (χ3v) is 9.42. The summed E-state index contributed by atoms with van der Waals surface area (Å²) in [6, 6.07) is 14.5. The zero-order valence-electron chi connectivity index (χ0n) is 29.0. The summed E-state index contributed by atoms with van der Waals surface area (Å²) in [6.07, 6.45) is 6.94. The molecule has 52 heavy (non-hydrogen) atoms. The first-order chi connectivity index (χ1) is 25.2. The van der Waals surface area contributed by atoms with Crippen LogP contribution in [0.5, 0.6) is 23.0 Å². The first-order valence-electron chi connectivity index (χ1n) is 17.5. The first-order valence-corrected chi connectivity index (χ1v) is 17.5. The number of aromatic nitrogens is 1. The fourth-order valence-electron chi connectivity index (χ4n) is 6.34. The Balaban J connectivity index is 1.07. The second-order valence-corrected chi connectivity index (χ2v) is 13.1. The summed E-state index contributed by atoms with van der Waals surface area (Å²) in [4.78, 5) is 42.9. The number of hydrogen-bond donors (Lipinski definition) is 3. The third-order valence-electron chi connectivity index (χ3n) is 9.42. The van der Waals surface area contributed by atoms with Gasteiger partial charge in [-0.1, -0.05) is 6.42 Å². The van der Waals surface area contributed by atoms with Crippen molar-refractivity contribution in [2.75, 3.05) is 44.1 Å². The summed E-state index contributed by atoms with van der Waals surface area (Å²) < 4.78 is 51.7. The van der Waals surface area contributed by atoms with Gasteiger partial charge < -0.3 is 34.9 Å². The average molecular weight is 717 g/mol. The van der Waals surface area contributed by atoms with Crippen LogP contribution in [0.4, 0.5) is 20.2 Å². The maximum atomic E-state index is 15.4. The molecule has 3 aromatic carbocycles. The van der Waals surface area contributed by atoms with E-state index in [-0.39, 0.29) is 29.9 Å². The fourth-order valence-corrected chi connectivity index (χ4v) is 6.34. The van der Waals surface area contributed by atoms with Crippen molar-refractivity contribution in [3.8, 4) is 23.0 Å². The lowest BCUT2D eigenvalue weighted by Crippen LogP contribution is -2.50. The van der Waals surface area contributed by atoms with Gasteiger partial charge in [-0.15, -0.1) is 0 Å². The zero-order valence-corrected chi connectivity index (χ0v) is 29.0. The number of rotatable bonds is 13. The van der Waals surface area contributed by atoms with Crippen LogP contribution in [0.25, 0.3) is 10.9 Å². The van der Waals surface area contributed by atoms with Crippen LogP contribution in [0.1, 0.15) is 51.4 Å². The van der Waals surface area contributed by atoms with E-state index in [1.54, 1.807) is 24.4 Å². The van der Waals surface area contributed by atoms with Gasteiger partial charge in [0.1, 0.15) is 23.6 Å². The number of hydrogen-bond acceptors (Lipinski definition) is 9. The topological polar surface area (TPSA) is 137 Å². The molecule has 0 spiro atoms. The predicted octanol–water partition coefficient (Wildman–Crippen LogP) is 6.95. The summed E-state index contributed by atoms with van der Waals surface area (Å²) in [5.41, 5.74) is -0.234. The molecule has 6 rings (SSSR count). The van der Waals surface area contributed by atoms with E-state index in [0.717, 1.165) is 25.3 Å². The van der Waals surface area contributed by atoms with E-state index in [0.29, 0.717) is 85.7 Å². The molecule has 0 radical (unpaired) electrons. The van der Waals surface area contributed by atoms with Crippen LogP contribution in [-0.2, 0) is 19.1 Å². The van der Waals surface area contributed by atoms with Crippen molar-refractivity contribution in [1.82, 2.24) is 10.3 Å². The van der Waals surface area contributed by atoms with Crippen LogP contribution < -0.4 is 30.2 Å². The van der Waals surface area contributed by atoms with Gasteiger partial charge in [-0.2, -0.15) is 0 Å². The van der Waals surface area contributed by atoms with Crippen molar-refractivity contribution in [1.29, 1.82) is 0 Å². The molecule has 4 aromatic rings. The number of anilines is 2. The number of nitrogens with zero attached hydrogens (tertiary/aromatic N) is 1. The fraction of sp³-hybridized carbons (Fsp3) is 0.385. The van der Waals surface area contributed by atoms with E-state index >= 15 is 4.39 Å². The maximum absolute atomic E-state index is 15.4. The van der Waals surface area contributed by atoms with E-state index in [4.69, 9.17) is 18.9 Å². The minimum Gasteiger partial charge on any atom is -0.493 e. The molecule has 2 amide bonds. The van der Waals surface area contributed by atoms with Gasteiger partial charge in [-0.05, 0) is 93.6 Å². The quantitative estimate of drug-likeness (QED) is 0.0992. The number of ether oxygens (including phenoxy) is 4. The lowest BCUT2D eigenvalue weighted by Gasteiger charge is -2.38. The number of fused-ring (bicyclic) bond motifs is 1. The number of nitrogens with one attached hydrogen (secondary N) is 3. The number of halogens is 2. The highest BCUT2D eigenvalue weighted by Crippen LogP contribution is 2.43. The number of carbonyl (C=O) groups excluding carboxylic acids is 3. The van der Waals surface area contributed by atoms with Gasteiger partial charge in [0.2, 0.25) is 11.8 Å². The monoisotopic (exact) mass is 716 g/mol. The van der Waals surface area contributed by atoms with Gasteiger partial charge in [0.15, 0.2) is 28.8 Å². The molecule has 3 N–H and O–H groups in total. The van der Waals surface area contributed by atoms with Crippen LogP contribution >= 0.6 is 0 Å². The molecule has 2 fully saturated rings. The highest BCUT2D eigenvalue weighted by molar-refractivity contribution is 6.15. The Morgan fingerprint density at radius 1 is 0.904 bits per heavy atom. The van der Waals surface area contributed by atoms with Crippen LogP contribution in [-0.4, -0.2) is 62.1 Å². The molecule has 13 heteroatoms. The molecule has 0 bridgehead atoms. The maximum Gasteiger partial charge on any atom is 0.240 e. The highest BCUT2D eigenvalue weighted by Gasteiger charge is 2.51. The van der Waals surface area contributed by atoms with Gasteiger partial charge in [0, 0.05) is 54.2 Å². The molecule has 2 aliphatic rings. The molecule has 1 saturated carbocycles. The number of pyridine rings is 1. The average Bonchev–Trinajstić information content (AvgIpc) is 3.21. The number of Topliss-reactive ketones (excluding diaryl/α,β-unsaturated/α-hetero) is 1. The van der Waals surface area contributed by atoms with Crippen LogP contribution in [0, 0.1) is 17.0 Å². The van der Waals surface area contributed by atoms with Crippen LogP contribution in [0.15, 0.2) is 66.9 Å². The summed E-state index contributed by atoms with van der Waals surface area (Å²) in [6.45, 7) is 1.90. The van der Waals surface area contributed by atoms with E-state index in [9.17, 15) is 18.8 Å². The van der Waals surface area contributed by atoms with Gasteiger partial charge in [0.05, 0.1) is 19.2 Å². The van der Waals surface area contributed by atoms with Crippen molar-refractivity contribution in [2.24, 2.45) is 5.41 Å². The number of carbonyl (C=O) groups is 3. The lowest BCUT2D eigenvalue weighted by atomic mass is 9.67. The Bertz CT molecular complexity index is 1900. The summed E-state index contributed by atoms with van der Waals surface area (Å²) in [7, 11) is 1.53. The van der Waals surface area contributed by atoms with Crippen molar-refractivity contribution < 1.29 is 42.1 Å². The minimum absolute atomic E-state index is 0.0844. The van der Waals surface area contributed by atoms with E-state index in [1.807, 2.05) is 0 Å². The third kappa shape index (κ3) is 8.83. The number of methoxy groups -OCH3 is 1. The minimum atomic E-state index is -1.32. The second kappa shape index (κ2) is 16.9. The molecule has 1 atom stereocenters. The van der Waals surface area contributed by atoms with Gasteiger partial charge >= 0.3 is 0 Å². The second-order valence-electron chi connectivity index (χ2n) is 13.1. The number of benzene rings is 3. The molecule has 1 aliphatic carbocycles. The Morgan fingerprint density at radius 3 is 2.40 bits per heavy atom. The highest BCUT2D eigenvalue weighted by atomic mass is 19.1. The summed E-state index contributed by atoms with van der Waals surface area (Å²) in [5, 5.41) is 9.40. The number of amides is 2. The zero-order chi connectivity index (χ0) is 36.5. The molecule has 1 saturated heterocycles. The predicted molar refractivity (Wildman–Crippen MR) is 191 cm³/mol. The van der Waals surface area contributed by atoms with Crippen molar-refractivity contribution in [3.63, 3.8) is 0 Å². The largest absolute Gasteiger partial charge is 0.493 e. The van der Waals surface area contributed by atoms with Crippen LogP contribution in [0.2, 0.25) is 0 Å². The normalized spacial score (nSPS) is 17.2. The van der Waals surface area contributed by atoms with Crippen molar-refractivity contribution in [3.05, 3.63) is 78.5 Å². The first kappa shape index (κ1) is 36.6. The molecular weight excluding hydrogens is 674 g/mol. The Hall–Kier alpha value is -5.14. The summed E-state index contributed by atoms with van der Waals surface area (Å²) >= 11 is 0. The molecule has 11 nitrogen and oxygen atoms in total. The Labute approximate surface area is 300 Å². The van der Waals surface area contributed by atoms with Gasteiger partial charge in [-0.3, -0.25) is 19.4 Å². The van der Waals surface area contributed by atoms with Gasteiger partial charge in [0.25, 0.3) is 0 Å². The van der Waals surface area contributed by atoms with Gasteiger partial charge in [-0.25, -0.2) is 8.78 Å². The molecule has 1 unspecified atom stereocenters. The van der Waals surface area contributed by atoms with Crippen LogP contribution in [0.3, 0.4) is 0 Å². The Kier molecular flexibility index (Phi) is 11.9. The molecule has 1 aliphatic heterocycles. The van der Waals surface area contributed by atoms with E-state index in [2.05, 4.69) is 20.9 Å².